The number of esters is 1. The molecule has 0 bridgehead atoms. The number of rotatable bonds is 4. The van der Waals surface area contributed by atoms with Gasteiger partial charge in [0.2, 0.25) is 5.15 Å². The molecule has 2 amide bonds. The van der Waals surface area contributed by atoms with Crippen molar-refractivity contribution in [1.82, 2.24) is 14.8 Å². The van der Waals surface area contributed by atoms with Crippen molar-refractivity contribution in [3.05, 3.63) is 56.9 Å². The average Bonchev–Trinajstić information content (AvgIpc) is 2.90. The maximum absolute atomic E-state index is 13.0. The fourth-order valence-electron chi connectivity index (χ4n) is 4.93. The molecular weight excluding hydrogens is 558 g/mol. The predicted molar refractivity (Wildman–Crippen MR) is 148 cm³/mol. The number of halogens is 1. The molecule has 4 rings (SSSR count). The van der Waals surface area contributed by atoms with Crippen LogP contribution in [0.4, 0.5) is 21.0 Å². The number of para-hydroxylation sites is 1. The van der Waals surface area contributed by atoms with Gasteiger partial charge < -0.3 is 28.9 Å². The summed E-state index contributed by atoms with van der Waals surface area (Å²) in [5, 5.41) is 11.9. The Kier molecular flexibility index (Phi) is 8.57. The van der Waals surface area contributed by atoms with Crippen molar-refractivity contribution in [2.45, 2.75) is 58.3 Å². The molecule has 2 aliphatic rings. The Morgan fingerprint density at radius 2 is 1.80 bits per heavy atom. The highest BCUT2D eigenvalue weighted by atomic mass is 35.5. The number of methoxy groups -OCH3 is 1. The van der Waals surface area contributed by atoms with Crippen molar-refractivity contribution in [3.8, 4) is 5.75 Å². The number of aromatic nitrogens is 1. The van der Waals surface area contributed by atoms with E-state index in [1.54, 1.807) is 62.9 Å². The van der Waals surface area contributed by atoms with Crippen LogP contribution in [-0.2, 0) is 27.2 Å². The van der Waals surface area contributed by atoms with Crippen molar-refractivity contribution in [2.75, 3.05) is 31.6 Å². The first-order chi connectivity index (χ1) is 19.3. The van der Waals surface area contributed by atoms with Gasteiger partial charge in [0.05, 0.1) is 30.8 Å². The zero-order valence-corrected chi connectivity index (χ0v) is 24.2. The van der Waals surface area contributed by atoms with Crippen LogP contribution >= 0.6 is 11.6 Å². The summed E-state index contributed by atoms with van der Waals surface area (Å²) in [7, 11) is 1.20. The maximum Gasteiger partial charge on any atom is 0.415 e. The number of pyridine rings is 1. The van der Waals surface area contributed by atoms with Gasteiger partial charge in [-0.2, -0.15) is 0 Å². The van der Waals surface area contributed by atoms with Crippen molar-refractivity contribution < 1.29 is 33.5 Å². The standard InChI is InChI=1S/C27H32ClN5O8/c1-16-13-32(20(24(34)39-5)15-31(16)26(36)41-27(2,3)4)21-18-11-12-30(25(35)40-17-9-7-6-8-10-17)14-19(18)29-23(28)22(21)33(37)38/h6-10,16,20H,11-15H2,1-5H3/t16-,20-/m1/s1. The molecule has 1 saturated heterocycles. The summed E-state index contributed by atoms with van der Waals surface area (Å²) in [5.74, 6) is -0.318. The predicted octanol–water partition coefficient (Wildman–Crippen LogP) is 4.19. The van der Waals surface area contributed by atoms with Crippen molar-refractivity contribution >= 4 is 41.1 Å². The van der Waals surface area contributed by atoms with Gasteiger partial charge in [0.25, 0.3) is 0 Å². The number of benzene rings is 1. The van der Waals surface area contributed by atoms with Gasteiger partial charge in [-0.05, 0) is 46.2 Å². The third-order valence-electron chi connectivity index (χ3n) is 6.78. The summed E-state index contributed by atoms with van der Waals surface area (Å²) < 4.78 is 16.0. The van der Waals surface area contributed by atoms with Crippen LogP contribution in [0.3, 0.4) is 0 Å². The number of hydrogen-bond donors (Lipinski definition) is 0. The van der Waals surface area contributed by atoms with E-state index in [4.69, 9.17) is 25.8 Å². The number of anilines is 1. The van der Waals surface area contributed by atoms with Crippen molar-refractivity contribution in [2.24, 2.45) is 0 Å². The molecule has 13 nitrogen and oxygen atoms in total. The zero-order valence-electron chi connectivity index (χ0n) is 23.5. The fourth-order valence-corrected chi connectivity index (χ4v) is 5.19. The molecule has 3 heterocycles. The summed E-state index contributed by atoms with van der Waals surface area (Å²) in [6.07, 6.45) is -1.03. The zero-order chi connectivity index (χ0) is 30.1. The lowest BCUT2D eigenvalue weighted by molar-refractivity contribution is -0.384. The molecular formula is C27H32ClN5O8. The highest BCUT2D eigenvalue weighted by Crippen LogP contribution is 2.43. The van der Waals surface area contributed by atoms with Crippen LogP contribution in [0.25, 0.3) is 0 Å². The summed E-state index contributed by atoms with van der Waals surface area (Å²) in [5.41, 5.74) is -0.280. The fraction of sp³-hybridized carbons (Fsp3) is 0.481. The molecule has 0 N–H and O–H groups in total. The van der Waals surface area contributed by atoms with E-state index in [0.29, 0.717) is 17.0 Å². The molecule has 2 aliphatic heterocycles. The molecule has 14 heteroatoms. The van der Waals surface area contributed by atoms with Gasteiger partial charge in [0, 0.05) is 24.7 Å². The van der Waals surface area contributed by atoms with Gasteiger partial charge in [0.1, 0.15) is 23.1 Å². The minimum absolute atomic E-state index is 0.0119. The first kappa shape index (κ1) is 29.8. The van der Waals surface area contributed by atoms with E-state index >= 15 is 0 Å². The van der Waals surface area contributed by atoms with E-state index in [1.807, 2.05) is 0 Å². The van der Waals surface area contributed by atoms with Crippen LogP contribution in [0.2, 0.25) is 5.15 Å². The van der Waals surface area contributed by atoms with E-state index in [-0.39, 0.29) is 43.4 Å². The van der Waals surface area contributed by atoms with Crippen LogP contribution in [-0.4, -0.2) is 82.3 Å². The van der Waals surface area contributed by atoms with Crippen LogP contribution < -0.4 is 9.64 Å². The molecule has 0 radical (unpaired) electrons. The number of nitrogens with zero attached hydrogens (tertiary/aromatic N) is 5. The van der Waals surface area contributed by atoms with Crippen LogP contribution in [0.15, 0.2) is 30.3 Å². The van der Waals surface area contributed by atoms with Gasteiger partial charge in [-0.1, -0.05) is 29.8 Å². The lowest BCUT2D eigenvalue weighted by atomic mass is 9.98. The first-order valence-corrected chi connectivity index (χ1v) is 13.4. The minimum atomic E-state index is -1.09. The lowest BCUT2D eigenvalue weighted by Gasteiger charge is -2.45. The number of fused-ring (bicyclic) bond motifs is 1. The minimum Gasteiger partial charge on any atom is -0.467 e. The highest BCUT2D eigenvalue weighted by molar-refractivity contribution is 6.32. The lowest BCUT2D eigenvalue weighted by Crippen LogP contribution is -2.62. The second-order valence-corrected chi connectivity index (χ2v) is 11.2. The van der Waals surface area contributed by atoms with E-state index in [0.717, 1.165) is 0 Å². The topological polar surface area (TPSA) is 145 Å². The van der Waals surface area contributed by atoms with Gasteiger partial charge in [-0.25, -0.2) is 19.4 Å². The molecule has 0 unspecified atom stereocenters. The number of carbonyl (C=O) groups is 3. The first-order valence-electron chi connectivity index (χ1n) is 13.0. The SMILES string of the molecule is COC(=O)[C@H]1CN(C(=O)OC(C)(C)C)[C@H](C)CN1c1c2c(nc(Cl)c1[N+](=O)[O-])CN(C(=O)Oc1ccccc1)CC2. The Labute approximate surface area is 242 Å². The Balaban J connectivity index is 1.71. The number of nitro groups is 1. The number of amides is 2. The molecule has 41 heavy (non-hydrogen) atoms. The van der Waals surface area contributed by atoms with Gasteiger partial charge in [0.15, 0.2) is 0 Å². The third-order valence-corrected chi connectivity index (χ3v) is 7.04. The van der Waals surface area contributed by atoms with Gasteiger partial charge in [-0.3, -0.25) is 10.1 Å². The molecule has 1 aromatic carbocycles. The Morgan fingerprint density at radius 1 is 1.12 bits per heavy atom. The maximum atomic E-state index is 13.0. The summed E-state index contributed by atoms with van der Waals surface area (Å²) in [6, 6.07) is 6.99. The molecule has 0 spiro atoms. The van der Waals surface area contributed by atoms with Crippen LogP contribution in [0.1, 0.15) is 39.0 Å². The molecule has 2 atom stereocenters. The molecule has 0 aliphatic carbocycles. The molecule has 1 aromatic heterocycles. The summed E-state index contributed by atoms with van der Waals surface area (Å²) in [6.45, 7) is 7.04. The van der Waals surface area contributed by atoms with E-state index in [9.17, 15) is 24.5 Å². The molecule has 0 saturated carbocycles. The number of piperazine rings is 1. The number of ether oxygens (including phenoxy) is 3. The van der Waals surface area contributed by atoms with Crippen LogP contribution in [0.5, 0.6) is 5.75 Å². The largest absolute Gasteiger partial charge is 0.467 e. The van der Waals surface area contributed by atoms with Crippen molar-refractivity contribution in [1.29, 1.82) is 0 Å². The van der Waals surface area contributed by atoms with Gasteiger partial charge >= 0.3 is 23.8 Å². The third kappa shape index (κ3) is 6.45. The van der Waals surface area contributed by atoms with Crippen LogP contribution in [0, 0.1) is 10.1 Å². The molecule has 2 aromatic rings. The Morgan fingerprint density at radius 3 is 2.41 bits per heavy atom. The number of hydrogen-bond acceptors (Lipinski definition) is 10. The van der Waals surface area contributed by atoms with E-state index in [2.05, 4.69) is 4.98 Å². The quantitative estimate of drug-likeness (QED) is 0.220. The second-order valence-electron chi connectivity index (χ2n) is 10.8. The summed E-state index contributed by atoms with van der Waals surface area (Å²) >= 11 is 6.37. The normalized spacial score (nSPS) is 18.8. The molecule has 220 valence electrons. The van der Waals surface area contributed by atoms with Crippen molar-refractivity contribution in [3.63, 3.8) is 0 Å². The van der Waals surface area contributed by atoms with E-state index in [1.165, 1.54) is 16.9 Å². The van der Waals surface area contributed by atoms with E-state index < -0.39 is 46.5 Å². The second kappa shape index (κ2) is 11.8. The average molecular weight is 590 g/mol. The Bertz CT molecular complexity index is 1350. The number of carbonyl (C=O) groups excluding carboxylic acids is 3. The van der Waals surface area contributed by atoms with Gasteiger partial charge in [-0.15, -0.1) is 0 Å². The monoisotopic (exact) mass is 589 g/mol. The highest BCUT2D eigenvalue weighted by Gasteiger charge is 2.45. The summed E-state index contributed by atoms with van der Waals surface area (Å²) in [4.78, 5) is 59.1. The molecule has 1 fully saturated rings. The Hall–Kier alpha value is -4.13. The smallest absolute Gasteiger partial charge is 0.415 e.